The molecule has 0 aliphatic carbocycles. The molecule has 45 heavy (non-hydrogen) atoms. The predicted octanol–water partition coefficient (Wildman–Crippen LogP) is 6.70. The fourth-order valence-corrected chi connectivity index (χ4v) is 7.56. The van der Waals surface area contributed by atoms with Crippen LogP contribution in [0.25, 0.3) is 6.08 Å². The van der Waals surface area contributed by atoms with Crippen molar-refractivity contribution in [1.82, 2.24) is 4.57 Å². The normalized spacial score (nSPS) is 14.5. The fourth-order valence-electron chi connectivity index (χ4n) is 5.18. The first kappa shape index (κ1) is 32.7. The number of fused-ring (bicyclic) bond motifs is 1. The van der Waals surface area contributed by atoms with E-state index in [1.54, 1.807) is 50.0 Å². The molecule has 5 rings (SSSR count). The van der Waals surface area contributed by atoms with E-state index in [4.69, 9.17) is 23.9 Å². The molecule has 1 aromatic heterocycles. The van der Waals surface area contributed by atoms with Gasteiger partial charge in [0.1, 0.15) is 29.9 Å². The van der Waals surface area contributed by atoms with Crippen LogP contribution in [0.2, 0.25) is 0 Å². The van der Waals surface area contributed by atoms with E-state index in [0.29, 0.717) is 62.0 Å². The summed E-state index contributed by atoms with van der Waals surface area (Å²) in [5.41, 5.74) is 2.88. The molecule has 4 aromatic rings. The molecule has 0 bridgehead atoms. The molecule has 1 aliphatic rings. The van der Waals surface area contributed by atoms with Gasteiger partial charge in [0.15, 0.2) is 4.80 Å². The molecule has 3 aromatic carbocycles. The molecule has 0 fully saturated rings. The van der Waals surface area contributed by atoms with Crippen LogP contribution in [0.4, 0.5) is 0 Å². The summed E-state index contributed by atoms with van der Waals surface area (Å²) in [4.78, 5) is 33.3. The third kappa shape index (κ3) is 6.95. The van der Waals surface area contributed by atoms with Gasteiger partial charge in [-0.25, -0.2) is 9.79 Å². The van der Waals surface area contributed by atoms with Crippen LogP contribution in [0.1, 0.15) is 49.4 Å². The van der Waals surface area contributed by atoms with E-state index in [2.05, 4.69) is 31.9 Å². The van der Waals surface area contributed by atoms with Crippen LogP contribution in [0.3, 0.4) is 0 Å². The largest absolute Gasteiger partial charge is 0.497 e. The van der Waals surface area contributed by atoms with Gasteiger partial charge in [0.2, 0.25) is 0 Å². The lowest BCUT2D eigenvalue weighted by Crippen LogP contribution is -2.40. The Balaban J connectivity index is 1.74. The van der Waals surface area contributed by atoms with Crippen molar-refractivity contribution in [3.05, 3.63) is 117 Å². The van der Waals surface area contributed by atoms with E-state index >= 15 is 0 Å². The lowest BCUT2D eigenvalue weighted by Gasteiger charge is -2.27. The number of esters is 1. The summed E-state index contributed by atoms with van der Waals surface area (Å²) in [6.45, 7) is 4.30. The number of thiazole rings is 1. The Hall–Kier alpha value is -3.67. The molecule has 0 amide bonds. The highest BCUT2D eigenvalue weighted by Gasteiger charge is 2.36. The van der Waals surface area contributed by atoms with Crippen molar-refractivity contribution in [2.24, 2.45) is 4.99 Å². The minimum absolute atomic E-state index is 0.178. The first-order valence-corrected chi connectivity index (χ1v) is 16.8. The number of hydrogen-bond acceptors (Lipinski definition) is 8. The van der Waals surface area contributed by atoms with Crippen molar-refractivity contribution in [1.29, 1.82) is 0 Å². The molecular formula is C34H32Br2N2O6S. The number of halogens is 2. The minimum Gasteiger partial charge on any atom is -0.497 e. The number of benzene rings is 3. The third-order valence-electron chi connectivity index (χ3n) is 7.17. The molecule has 11 heteroatoms. The second-order valence-electron chi connectivity index (χ2n) is 10.1. The summed E-state index contributed by atoms with van der Waals surface area (Å²) in [5.74, 6) is 1.13. The van der Waals surface area contributed by atoms with Gasteiger partial charge in [-0.1, -0.05) is 70.9 Å². The van der Waals surface area contributed by atoms with E-state index in [0.717, 1.165) is 20.9 Å². The van der Waals surface area contributed by atoms with Gasteiger partial charge >= 0.3 is 5.97 Å². The average molecular weight is 757 g/mol. The zero-order chi connectivity index (χ0) is 32.1. The molecule has 234 valence electrons. The van der Waals surface area contributed by atoms with Crippen LogP contribution in [0.5, 0.6) is 17.2 Å². The zero-order valence-electron chi connectivity index (χ0n) is 25.3. The van der Waals surface area contributed by atoms with E-state index in [1.807, 2.05) is 49.4 Å². The van der Waals surface area contributed by atoms with Crippen LogP contribution < -0.4 is 29.1 Å². The standard InChI is InChI=1S/C34H32Br2N2O6S/c1-5-10-26-29(33(40)43-6-2)30(24-18-23(41-3)13-14-27(24)42-4)38-32(39)28(45-34(38)37-26)16-21-15-22(35)17-25(36)31(21)44-19-20-11-8-7-9-12-20/h7-9,11-18,30H,5-6,10,19H2,1-4H3/b28-16-/t30-/m0/s1. The number of carbonyl (C=O) groups is 1. The molecule has 1 atom stereocenters. The Morgan fingerprint density at radius 2 is 1.82 bits per heavy atom. The van der Waals surface area contributed by atoms with Gasteiger partial charge in [0, 0.05) is 15.6 Å². The Bertz CT molecular complexity index is 1930. The summed E-state index contributed by atoms with van der Waals surface area (Å²) in [7, 11) is 3.12. The van der Waals surface area contributed by atoms with Gasteiger partial charge in [-0.3, -0.25) is 9.36 Å². The van der Waals surface area contributed by atoms with Gasteiger partial charge in [0.05, 0.1) is 41.1 Å². The Morgan fingerprint density at radius 1 is 1.04 bits per heavy atom. The summed E-state index contributed by atoms with van der Waals surface area (Å²) >= 11 is 8.47. The van der Waals surface area contributed by atoms with Crippen LogP contribution in [0, 0.1) is 0 Å². The molecule has 0 saturated carbocycles. The Kier molecular flexibility index (Phi) is 10.6. The monoisotopic (exact) mass is 754 g/mol. The van der Waals surface area contributed by atoms with Crippen LogP contribution in [0.15, 0.2) is 90.7 Å². The van der Waals surface area contributed by atoms with Gasteiger partial charge in [-0.15, -0.1) is 0 Å². The third-order valence-corrected chi connectivity index (χ3v) is 9.20. The molecule has 0 radical (unpaired) electrons. The lowest BCUT2D eigenvalue weighted by molar-refractivity contribution is -0.139. The predicted molar refractivity (Wildman–Crippen MR) is 182 cm³/mol. The molecule has 2 heterocycles. The number of hydrogen-bond donors (Lipinski definition) is 0. The second-order valence-corrected chi connectivity index (χ2v) is 12.9. The van der Waals surface area contributed by atoms with Gasteiger partial charge in [-0.05, 0) is 71.2 Å². The Morgan fingerprint density at radius 3 is 2.51 bits per heavy atom. The highest BCUT2D eigenvalue weighted by atomic mass is 79.9. The Labute approximate surface area is 281 Å². The summed E-state index contributed by atoms with van der Waals surface area (Å²) in [5, 5.41) is 0. The minimum atomic E-state index is -0.850. The van der Waals surface area contributed by atoms with E-state index in [1.165, 1.54) is 11.3 Å². The highest BCUT2D eigenvalue weighted by molar-refractivity contribution is 9.11. The molecule has 0 N–H and O–H groups in total. The molecular weight excluding hydrogens is 724 g/mol. The maximum absolute atomic E-state index is 14.4. The first-order valence-electron chi connectivity index (χ1n) is 14.4. The number of allylic oxidation sites excluding steroid dienone is 1. The van der Waals surface area contributed by atoms with Crippen molar-refractivity contribution in [2.45, 2.75) is 39.3 Å². The number of methoxy groups -OCH3 is 2. The number of rotatable bonds is 11. The van der Waals surface area contributed by atoms with Crippen molar-refractivity contribution in [2.75, 3.05) is 20.8 Å². The summed E-state index contributed by atoms with van der Waals surface area (Å²) < 4.78 is 26.6. The SMILES string of the molecule is CCCC1=C(C(=O)OCC)[C@H](c2cc(OC)ccc2OC)n2c(s/c(=C\c3cc(Br)cc(Br)c3OCc3ccccc3)c2=O)=N1. The van der Waals surface area contributed by atoms with Gasteiger partial charge in [-0.2, -0.15) is 0 Å². The first-order chi connectivity index (χ1) is 21.8. The molecule has 0 unspecified atom stereocenters. The van der Waals surface area contributed by atoms with Gasteiger partial charge < -0.3 is 18.9 Å². The molecule has 0 spiro atoms. The average Bonchev–Trinajstić information content (AvgIpc) is 3.34. The summed E-state index contributed by atoms with van der Waals surface area (Å²) in [6, 6.07) is 18.1. The molecule has 8 nitrogen and oxygen atoms in total. The summed E-state index contributed by atoms with van der Waals surface area (Å²) in [6.07, 6.45) is 3.07. The van der Waals surface area contributed by atoms with Crippen LogP contribution in [-0.4, -0.2) is 31.4 Å². The fraction of sp³-hybridized carbons (Fsp3) is 0.265. The number of nitrogens with zero attached hydrogens (tertiary/aromatic N) is 2. The second kappa shape index (κ2) is 14.6. The van der Waals surface area contributed by atoms with Gasteiger partial charge in [0.25, 0.3) is 5.56 Å². The smallest absolute Gasteiger partial charge is 0.338 e. The van der Waals surface area contributed by atoms with Crippen molar-refractivity contribution < 1.29 is 23.7 Å². The highest BCUT2D eigenvalue weighted by Crippen LogP contribution is 2.39. The van der Waals surface area contributed by atoms with E-state index < -0.39 is 12.0 Å². The quantitative estimate of drug-likeness (QED) is 0.159. The van der Waals surface area contributed by atoms with Crippen molar-refractivity contribution in [3.8, 4) is 17.2 Å². The van der Waals surface area contributed by atoms with Crippen molar-refractivity contribution in [3.63, 3.8) is 0 Å². The van der Waals surface area contributed by atoms with Crippen molar-refractivity contribution >= 4 is 55.2 Å². The van der Waals surface area contributed by atoms with Crippen LogP contribution in [-0.2, 0) is 16.1 Å². The zero-order valence-corrected chi connectivity index (χ0v) is 29.3. The number of aromatic nitrogens is 1. The van der Waals surface area contributed by atoms with Crippen LogP contribution >= 0.6 is 43.2 Å². The maximum atomic E-state index is 14.4. The van der Waals surface area contributed by atoms with E-state index in [-0.39, 0.29) is 12.2 Å². The number of carbonyl (C=O) groups excluding carboxylic acids is 1. The topological polar surface area (TPSA) is 88.4 Å². The molecule has 1 aliphatic heterocycles. The lowest BCUT2D eigenvalue weighted by atomic mass is 9.93. The molecule has 0 saturated heterocycles. The van der Waals surface area contributed by atoms with E-state index in [9.17, 15) is 9.59 Å². The maximum Gasteiger partial charge on any atom is 0.338 e. The number of ether oxygens (including phenoxy) is 4.